The molecule has 1 aromatic heterocycles. The lowest BCUT2D eigenvalue weighted by Crippen LogP contribution is -2.26. The summed E-state index contributed by atoms with van der Waals surface area (Å²) >= 11 is 0. The zero-order valence-corrected chi connectivity index (χ0v) is 9.65. The number of hydrogen-bond donors (Lipinski definition) is 1. The number of ketones is 1. The topological polar surface area (TPSA) is 59.8 Å². The number of nitrogens with one attached hydrogen (secondary N) is 1. The summed E-state index contributed by atoms with van der Waals surface area (Å²) in [5, 5.41) is 7.23. The maximum absolute atomic E-state index is 11.6. The van der Waals surface area contributed by atoms with Crippen LogP contribution in [0.5, 0.6) is 0 Å². The van der Waals surface area contributed by atoms with E-state index in [4.69, 9.17) is 0 Å². The van der Waals surface area contributed by atoms with Crippen LogP contribution in [0.25, 0.3) is 0 Å². The Hall–Kier alpha value is -1.23. The van der Waals surface area contributed by atoms with E-state index in [1.54, 1.807) is 4.68 Å². The lowest BCUT2D eigenvalue weighted by Gasteiger charge is -2.03. The summed E-state index contributed by atoms with van der Waals surface area (Å²) in [7, 11) is 0. The molecule has 1 heterocycles. The Morgan fingerprint density at radius 3 is 3.12 bits per heavy atom. The number of nitrogens with zero attached hydrogens (tertiary/aromatic N) is 3. The average Bonchev–Trinajstić information content (AvgIpc) is 2.98. The summed E-state index contributed by atoms with van der Waals surface area (Å²) in [6.07, 6.45) is 4.51. The van der Waals surface area contributed by atoms with Gasteiger partial charge in [-0.1, -0.05) is 0 Å². The molecule has 0 atom stereocenters. The summed E-state index contributed by atoms with van der Waals surface area (Å²) < 4.78 is 1.76. The van der Waals surface area contributed by atoms with Gasteiger partial charge in [-0.3, -0.25) is 4.79 Å². The van der Waals surface area contributed by atoms with Crippen molar-refractivity contribution in [2.24, 2.45) is 5.92 Å². The van der Waals surface area contributed by atoms with Crippen LogP contribution < -0.4 is 5.32 Å². The highest BCUT2D eigenvalue weighted by molar-refractivity contribution is 5.82. The molecule has 0 bridgehead atoms. The molecule has 0 amide bonds. The number of carbonyl (C=O) groups is 1. The molecule has 88 valence electrons. The smallest absolute Gasteiger partial charge is 0.154 e. The molecule has 1 N–H and O–H groups in total. The van der Waals surface area contributed by atoms with Crippen LogP contribution in [0.3, 0.4) is 0 Å². The Kier molecular flexibility index (Phi) is 3.66. The van der Waals surface area contributed by atoms with Gasteiger partial charge in [0.1, 0.15) is 12.2 Å². The minimum Gasteiger partial charge on any atom is -0.310 e. The van der Waals surface area contributed by atoms with Crippen LogP contribution in [-0.2, 0) is 17.8 Å². The third kappa shape index (κ3) is 3.13. The van der Waals surface area contributed by atoms with Crippen molar-refractivity contribution in [1.29, 1.82) is 0 Å². The second-order valence-corrected chi connectivity index (χ2v) is 4.28. The third-order valence-electron chi connectivity index (χ3n) is 2.80. The van der Waals surface area contributed by atoms with E-state index < -0.39 is 0 Å². The number of Topliss-reactive ketones (excluding diaryl/α,β-unsaturated/α-hetero) is 1. The Bertz CT molecular complexity index is 357. The fourth-order valence-corrected chi connectivity index (χ4v) is 1.67. The first-order valence-electron chi connectivity index (χ1n) is 5.88. The lowest BCUT2D eigenvalue weighted by molar-refractivity contribution is -0.117. The van der Waals surface area contributed by atoms with Gasteiger partial charge in [-0.25, -0.2) is 9.67 Å². The highest BCUT2D eigenvalue weighted by Crippen LogP contribution is 2.27. The van der Waals surface area contributed by atoms with E-state index in [-0.39, 0.29) is 5.78 Å². The lowest BCUT2D eigenvalue weighted by atomic mass is 10.2. The number of carbonyl (C=O) groups excluding carboxylic acids is 1. The van der Waals surface area contributed by atoms with Gasteiger partial charge >= 0.3 is 0 Å². The van der Waals surface area contributed by atoms with Gasteiger partial charge in [0, 0.05) is 6.54 Å². The predicted octanol–water partition coefficient (Wildman–Crippen LogP) is 0.409. The van der Waals surface area contributed by atoms with Gasteiger partial charge in [-0.2, -0.15) is 5.10 Å². The van der Waals surface area contributed by atoms with Crippen molar-refractivity contribution in [3.05, 3.63) is 12.2 Å². The molecule has 0 aromatic carbocycles. The van der Waals surface area contributed by atoms with E-state index in [0.29, 0.717) is 13.0 Å². The Labute approximate surface area is 95.2 Å². The second-order valence-electron chi connectivity index (χ2n) is 4.28. The first-order valence-corrected chi connectivity index (χ1v) is 5.88. The molecular weight excluding hydrogens is 204 g/mol. The highest BCUT2D eigenvalue weighted by Gasteiger charge is 2.20. The number of aromatic nitrogens is 3. The fraction of sp³-hybridized carbons (Fsp3) is 0.727. The largest absolute Gasteiger partial charge is 0.310 e. The van der Waals surface area contributed by atoms with Crippen molar-refractivity contribution in [3.63, 3.8) is 0 Å². The summed E-state index contributed by atoms with van der Waals surface area (Å²) in [5.74, 6) is 1.76. The van der Waals surface area contributed by atoms with Crippen molar-refractivity contribution in [1.82, 2.24) is 20.1 Å². The van der Waals surface area contributed by atoms with E-state index in [9.17, 15) is 4.79 Å². The van der Waals surface area contributed by atoms with Gasteiger partial charge in [0.05, 0.1) is 13.0 Å². The maximum atomic E-state index is 11.6. The van der Waals surface area contributed by atoms with E-state index in [2.05, 4.69) is 15.4 Å². The van der Waals surface area contributed by atoms with Crippen LogP contribution in [0.4, 0.5) is 0 Å². The van der Waals surface area contributed by atoms with Gasteiger partial charge in [-0.05, 0) is 32.2 Å². The minimum absolute atomic E-state index is 0.184. The Balaban J connectivity index is 1.72. The predicted molar refractivity (Wildman–Crippen MR) is 60.0 cm³/mol. The van der Waals surface area contributed by atoms with Crippen LogP contribution >= 0.6 is 0 Å². The van der Waals surface area contributed by atoms with Crippen molar-refractivity contribution in [2.45, 2.75) is 32.7 Å². The normalized spacial score (nSPS) is 15.3. The standard InChI is InChI=1S/C11H18N4O/c1-2-15-11(13-8-14-15)5-10(16)7-12-6-9-3-4-9/h8-9,12H,2-7H2,1H3. The number of aryl methyl sites for hydroxylation is 1. The summed E-state index contributed by atoms with van der Waals surface area (Å²) in [6.45, 7) is 4.19. The maximum Gasteiger partial charge on any atom is 0.154 e. The van der Waals surface area contributed by atoms with Crippen LogP contribution in [0.2, 0.25) is 0 Å². The Morgan fingerprint density at radius 1 is 1.62 bits per heavy atom. The summed E-state index contributed by atoms with van der Waals surface area (Å²) in [4.78, 5) is 15.7. The molecule has 0 saturated heterocycles. The fourth-order valence-electron chi connectivity index (χ4n) is 1.67. The first kappa shape index (κ1) is 11.3. The quantitative estimate of drug-likeness (QED) is 0.726. The second kappa shape index (κ2) is 5.21. The summed E-state index contributed by atoms with van der Waals surface area (Å²) in [5.41, 5.74) is 0. The van der Waals surface area contributed by atoms with Gasteiger partial charge in [0.25, 0.3) is 0 Å². The highest BCUT2D eigenvalue weighted by atomic mass is 16.1. The molecule has 1 aromatic rings. The van der Waals surface area contributed by atoms with E-state index >= 15 is 0 Å². The molecule has 5 heteroatoms. The van der Waals surface area contributed by atoms with Crippen molar-refractivity contribution in [2.75, 3.05) is 13.1 Å². The van der Waals surface area contributed by atoms with E-state index in [1.165, 1.54) is 19.2 Å². The molecule has 1 fully saturated rings. The average molecular weight is 222 g/mol. The van der Waals surface area contributed by atoms with E-state index in [0.717, 1.165) is 24.8 Å². The summed E-state index contributed by atoms with van der Waals surface area (Å²) in [6, 6.07) is 0. The molecule has 1 aliphatic rings. The molecule has 1 saturated carbocycles. The Morgan fingerprint density at radius 2 is 2.44 bits per heavy atom. The van der Waals surface area contributed by atoms with Gasteiger partial charge in [0.2, 0.25) is 0 Å². The van der Waals surface area contributed by atoms with Gasteiger partial charge < -0.3 is 5.32 Å². The molecule has 0 spiro atoms. The minimum atomic E-state index is 0.184. The molecule has 0 unspecified atom stereocenters. The van der Waals surface area contributed by atoms with Crippen LogP contribution in [-0.4, -0.2) is 33.6 Å². The van der Waals surface area contributed by atoms with Gasteiger partial charge in [-0.15, -0.1) is 0 Å². The zero-order chi connectivity index (χ0) is 11.4. The van der Waals surface area contributed by atoms with Crippen LogP contribution in [0, 0.1) is 5.92 Å². The SMILES string of the molecule is CCn1ncnc1CC(=O)CNCC1CC1. The van der Waals surface area contributed by atoms with Crippen molar-refractivity contribution < 1.29 is 4.79 Å². The van der Waals surface area contributed by atoms with E-state index in [1.807, 2.05) is 6.92 Å². The number of rotatable bonds is 7. The molecule has 0 aliphatic heterocycles. The van der Waals surface area contributed by atoms with Crippen molar-refractivity contribution in [3.8, 4) is 0 Å². The van der Waals surface area contributed by atoms with Crippen LogP contribution in [0.1, 0.15) is 25.6 Å². The zero-order valence-electron chi connectivity index (χ0n) is 9.65. The molecule has 5 nitrogen and oxygen atoms in total. The molecule has 1 aliphatic carbocycles. The third-order valence-corrected chi connectivity index (χ3v) is 2.80. The molecular formula is C11H18N4O. The van der Waals surface area contributed by atoms with Crippen LogP contribution in [0.15, 0.2) is 6.33 Å². The number of hydrogen-bond acceptors (Lipinski definition) is 4. The molecule has 0 radical (unpaired) electrons. The molecule has 2 rings (SSSR count). The first-order chi connectivity index (χ1) is 7.79. The molecule has 16 heavy (non-hydrogen) atoms. The monoisotopic (exact) mass is 222 g/mol. The van der Waals surface area contributed by atoms with Gasteiger partial charge in [0.15, 0.2) is 5.78 Å². The van der Waals surface area contributed by atoms with Crippen molar-refractivity contribution >= 4 is 5.78 Å².